The van der Waals surface area contributed by atoms with Gasteiger partial charge in [0.05, 0.1) is 17.9 Å². The maximum atomic E-state index is 12.6. The molecule has 1 aliphatic carbocycles. The second-order valence-electron chi connectivity index (χ2n) is 7.22. The second kappa shape index (κ2) is 8.45. The van der Waals surface area contributed by atoms with E-state index in [1.165, 1.54) is 6.26 Å². The largest absolute Gasteiger partial charge is 0.355 e. The number of pyridine rings is 1. The number of aromatic nitrogens is 1. The van der Waals surface area contributed by atoms with Crippen LogP contribution in [-0.2, 0) is 21.4 Å². The number of nitrogens with zero attached hydrogens (tertiary/aromatic N) is 3. The Balaban J connectivity index is 1.74. The van der Waals surface area contributed by atoms with E-state index in [1.807, 2.05) is 18.2 Å². The third-order valence-corrected chi connectivity index (χ3v) is 6.61. The molecule has 2 unspecified atom stereocenters. The number of rotatable bonds is 3. The summed E-state index contributed by atoms with van der Waals surface area (Å²) in [5.41, 5.74) is 0.977. The van der Waals surface area contributed by atoms with Crippen molar-refractivity contribution in [2.24, 2.45) is 5.92 Å². The van der Waals surface area contributed by atoms with Crippen molar-refractivity contribution in [2.45, 2.75) is 38.3 Å². The molecule has 8 heteroatoms. The zero-order chi connectivity index (χ0) is 18.6. The van der Waals surface area contributed by atoms with E-state index in [-0.39, 0.29) is 17.9 Å². The van der Waals surface area contributed by atoms with Gasteiger partial charge >= 0.3 is 0 Å². The number of sulfonamides is 1. The Bertz CT molecular complexity index is 710. The molecule has 2 heterocycles. The average molecular weight is 381 g/mol. The second-order valence-corrected chi connectivity index (χ2v) is 9.16. The molecule has 1 saturated carbocycles. The monoisotopic (exact) mass is 380 g/mol. The first kappa shape index (κ1) is 19.3. The van der Waals surface area contributed by atoms with Crippen molar-refractivity contribution >= 4 is 15.9 Å². The lowest BCUT2D eigenvalue weighted by Crippen LogP contribution is -2.47. The minimum atomic E-state index is -3.34. The van der Waals surface area contributed by atoms with E-state index < -0.39 is 10.0 Å². The average Bonchev–Trinajstić information content (AvgIpc) is 3.06. The lowest BCUT2D eigenvalue weighted by molar-refractivity contribution is -0.125. The van der Waals surface area contributed by atoms with Crippen molar-refractivity contribution in [2.75, 3.05) is 32.4 Å². The number of fused-ring (bicyclic) bond motifs is 1. The van der Waals surface area contributed by atoms with Crippen LogP contribution in [0.15, 0.2) is 24.4 Å². The van der Waals surface area contributed by atoms with Crippen molar-refractivity contribution in [1.29, 1.82) is 0 Å². The molecular weight excluding hydrogens is 352 g/mol. The number of carbonyl (C=O) groups is 1. The Kier molecular flexibility index (Phi) is 6.26. The lowest BCUT2D eigenvalue weighted by atomic mass is 10.0. The van der Waals surface area contributed by atoms with Crippen LogP contribution in [-0.4, -0.2) is 67.0 Å². The van der Waals surface area contributed by atoms with Crippen LogP contribution in [0.1, 0.15) is 31.4 Å². The van der Waals surface area contributed by atoms with Crippen molar-refractivity contribution in [1.82, 2.24) is 19.5 Å². The maximum absolute atomic E-state index is 12.6. The number of hydrogen-bond donors (Lipinski definition) is 1. The van der Waals surface area contributed by atoms with Gasteiger partial charge in [0, 0.05) is 38.4 Å². The molecule has 1 amide bonds. The SMILES string of the molecule is CS(=O)(=O)N1CCCN(Cc2ccccn2)CCNC(=O)C2CCCC21. The van der Waals surface area contributed by atoms with E-state index in [1.54, 1.807) is 10.5 Å². The fourth-order valence-electron chi connectivity index (χ4n) is 4.08. The minimum absolute atomic E-state index is 0.0131. The summed E-state index contributed by atoms with van der Waals surface area (Å²) in [5, 5.41) is 3.02. The third kappa shape index (κ3) is 4.81. The lowest BCUT2D eigenvalue weighted by Gasteiger charge is -2.30. The predicted molar refractivity (Wildman–Crippen MR) is 99.8 cm³/mol. The molecule has 7 nitrogen and oxygen atoms in total. The van der Waals surface area contributed by atoms with E-state index >= 15 is 0 Å². The minimum Gasteiger partial charge on any atom is -0.355 e. The van der Waals surface area contributed by atoms with E-state index in [2.05, 4.69) is 15.2 Å². The van der Waals surface area contributed by atoms with E-state index in [9.17, 15) is 13.2 Å². The highest BCUT2D eigenvalue weighted by molar-refractivity contribution is 7.88. The molecule has 2 atom stereocenters. The van der Waals surface area contributed by atoms with Gasteiger partial charge < -0.3 is 5.32 Å². The number of carbonyl (C=O) groups excluding carboxylic acids is 1. The van der Waals surface area contributed by atoms with Crippen LogP contribution >= 0.6 is 0 Å². The van der Waals surface area contributed by atoms with Gasteiger partial charge in [-0.15, -0.1) is 0 Å². The maximum Gasteiger partial charge on any atom is 0.224 e. The summed E-state index contributed by atoms with van der Waals surface area (Å²) in [6, 6.07) is 5.63. The van der Waals surface area contributed by atoms with Crippen LogP contribution in [0.25, 0.3) is 0 Å². The molecule has 144 valence electrons. The van der Waals surface area contributed by atoms with E-state index in [4.69, 9.17) is 0 Å². The van der Waals surface area contributed by atoms with Crippen LogP contribution in [0.5, 0.6) is 0 Å². The van der Waals surface area contributed by atoms with Crippen LogP contribution in [0.2, 0.25) is 0 Å². The highest BCUT2D eigenvalue weighted by Crippen LogP contribution is 2.32. The number of amides is 1. The highest BCUT2D eigenvalue weighted by Gasteiger charge is 2.40. The standard InChI is InChI=1S/C18H28N4O3S/c1-26(24,25)22-12-5-11-21(14-15-6-2-3-9-19-15)13-10-20-18(23)16-7-4-8-17(16)22/h2-3,6,9,16-17H,4-5,7-8,10-14H2,1H3,(H,20,23). The Hall–Kier alpha value is -1.51. The molecule has 1 aliphatic heterocycles. The summed E-state index contributed by atoms with van der Waals surface area (Å²) in [7, 11) is -3.34. The molecule has 2 fully saturated rings. The zero-order valence-corrected chi connectivity index (χ0v) is 16.1. The molecule has 0 radical (unpaired) electrons. The Labute approximate surface area is 155 Å². The van der Waals surface area contributed by atoms with Gasteiger partial charge in [-0.05, 0) is 37.9 Å². The van der Waals surface area contributed by atoms with Crippen molar-refractivity contribution in [3.8, 4) is 0 Å². The summed E-state index contributed by atoms with van der Waals surface area (Å²) in [6.45, 7) is 3.25. The number of nitrogens with one attached hydrogen (secondary N) is 1. The van der Waals surface area contributed by atoms with Gasteiger partial charge in [-0.1, -0.05) is 12.5 Å². The molecule has 1 saturated heterocycles. The highest BCUT2D eigenvalue weighted by atomic mass is 32.2. The molecule has 1 aromatic heterocycles. The first-order chi connectivity index (χ1) is 12.4. The topological polar surface area (TPSA) is 82.6 Å². The van der Waals surface area contributed by atoms with Crippen molar-refractivity contribution in [3.05, 3.63) is 30.1 Å². The smallest absolute Gasteiger partial charge is 0.224 e. The van der Waals surface area contributed by atoms with Crippen molar-refractivity contribution in [3.63, 3.8) is 0 Å². The molecule has 3 rings (SSSR count). The molecule has 1 aromatic rings. The van der Waals surface area contributed by atoms with E-state index in [0.29, 0.717) is 19.6 Å². The fourth-order valence-corrected chi connectivity index (χ4v) is 5.28. The molecular formula is C18H28N4O3S. The van der Waals surface area contributed by atoms with Crippen LogP contribution in [0.3, 0.4) is 0 Å². The first-order valence-electron chi connectivity index (χ1n) is 9.32. The van der Waals surface area contributed by atoms with Gasteiger partial charge in [-0.3, -0.25) is 14.7 Å². The summed E-state index contributed by atoms with van der Waals surface area (Å²) in [4.78, 5) is 19.2. The quantitative estimate of drug-likeness (QED) is 0.840. The molecule has 1 N–H and O–H groups in total. The van der Waals surface area contributed by atoms with Crippen LogP contribution < -0.4 is 5.32 Å². The van der Waals surface area contributed by atoms with Gasteiger partial charge in [-0.2, -0.15) is 4.31 Å². The van der Waals surface area contributed by atoms with Crippen LogP contribution in [0, 0.1) is 5.92 Å². The molecule has 2 aliphatic rings. The molecule has 0 spiro atoms. The normalized spacial score (nSPS) is 26.7. The third-order valence-electron chi connectivity index (χ3n) is 5.30. The summed E-state index contributed by atoms with van der Waals surface area (Å²) in [6.07, 6.45) is 6.21. The number of hydrogen-bond acceptors (Lipinski definition) is 5. The van der Waals surface area contributed by atoms with Crippen LogP contribution in [0.4, 0.5) is 0 Å². The van der Waals surface area contributed by atoms with Gasteiger partial charge in [0.1, 0.15) is 0 Å². The summed E-state index contributed by atoms with van der Waals surface area (Å²) in [5.74, 6) is -0.243. The Morgan fingerprint density at radius 1 is 1.19 bits per heavy atom. The summed E-state index contributed by atoms with van der Waals surface area (Å²) < 4.78 is 26.2. The fraction of sp³-hybridized carbons (Fsp3) is 0.667. The van der Waals surface area contributed by atoms with E-state index in [0.717, 1.165) is 44.5 Å². The Morgan fingerprint density at radius 2 is 2.04 bits per heavy atom. The molecule has 0 bridgehead atoms. The first-order valence-corrected chi connectivity index (χ1v) is 11.2. The van der Waals surface area contributed by atoms with Gasteiger partial charge in [0.2, 0.25) is 15.9 Å². The Morgan fingerprint density at radius 3 is 2.77 bits per heavy atom. The van der Waals surface area contributed by atoms with Gasteiger partial charge in [0.15, 0.2) is 0 Å². The summed E-state index contributed by atoms with van der Waals surface area (Å²) >= 11 is 0. The van der Waals surface area contributed by atoms with Gasteiger partial charge in [0.25, 0.3) is 0 Å². The van der Waals surface area contributed by atoms with Crippen molar-refractivity contribution < 1.29 is 13.2 Å². The predicted octanol–water partition coefficient (Wildman–Crippen LogP) is 0.834. The zero-order valence-electron chi connectivity index (χ0n) is 15.3. The molecule has 0 aromatic carbocycles. The van der Waals surface area contributed by atoms with Gasteiger partial charge in [-0.25, -0.2) is 8.42 Å². The molecule has 26 heavy (non-hydrogen) atoms.